The summed E-state index contributed by atoms with van der Waals surface area (Å²) in [7, 11) is 0. The highest BCUT2D eigenvalue weighted by Gasteiger charge is 2.23. The third-order valence-corrected chi connectivity index (χ3v) is 6.82. The van der Waals surface area contributed by atoms with Gasteiger partial charge in [0.15, 0.2) is 18.1 Å². The van der Waals surface area contributed by atoms with Gasteiger partial charge in [0, 0.05) is 25.6 Å². The maximum atomic E-state index is 13.5. The number of ether oxygens (including phenoxy) is 2. The number of rotatable bonds is 8. The molecule has 0 saturated heterocycles. The molecule has 1 aromatic heterocycles. The molecule has 0 spiro atoms. The van der Waals surface area contributed by atoms with E-state index in [-0.39, 0.29) is 12.2 Å². The average Bonchev–Trinajstić information content (AvgIpc) is 2.89. The van der Waals surface area contributed by atoms with Crippen molar-refractivity contribution in [3.63, 3.8) is 0 Å². The van der Waals surface area contributed by atoms with Crippen molar-refractivity contribution in [2.45, 2.75) is 33.1 Å². The molecule has 0 aliphatic rings. The fraction of sp³-hybridized carbons (Fsp3) is 0.241. The Bertz CT molecular complexity index is 1650. The van der Waals surface area contributed by atoms with E-state index in [0.29, 0.717) is 50.6 Å². The van der Waals surface area contributed by atoms with Gasteiger partial charge in [-0.25, -0.2) is 9.37 Å². The van der Waals surface area contributed by atoms with E-state index < -0.39 is 17.1 Å². The van der Waals surface area contributed by atoms with Crippen LogP contribution in [0.1, 0.15) is 39.1 Å². The Balaban J connectivity index is 1.63. The van der Waals surface area contributed by atoms with Gasteiger partial charge in [0.1, 0.15) is 11.6 Å². The van der Waals surface area contributed by atoms with Crippen LogP contribution in [-0.4, -0.2) is 35.0 Å². The normalized spacial score (nSPS) is 11.7. The van der Waals surface area contributed by atoms with E-state index in [1.54, 1.807) is 30.5 Å². The number of hydrogen-bond donors (Lipinski definition) is 1. The summed E-state index contributed by atoms with van der Waals surface area (Å²) in [5.41, 5.74) is 0.911. The molecule has 0 saturated carbocycles. The van der Waals surface area contributed by atoms with Crippen molar-refractivity contribution in [3.8, 4) is 11.5 Å². The number of nitrogens with zero attached hydrogens (tertiary/aromatic N) is 3. The molecule has 208 valence electrons. The molecule has 0 fully saturated rings. The van der Waals surface area contributed by atoms with Crippen LogP contribution in [0.3, 0.4) is 0 Å². The Morgan fingerprint density at radius 2 is 1.77 bits per heavy atom. The third kappa shape index (κ3) is 6.95. The van der Waals surface area contributed by atoms with Gasteiger partial charge in [-0.05, 0) is 77.5 Å². The number of carbonyl (C=O) groups is 1. The van der Waals surface area contributed by atoms with Crippen LogP contribution in [0.4, 0.5) is 10.1 Å². The summed E-state index contributed by atoms with van der Waals surface area (Å²) >= 11 is 6.95. The Kier molecular flexibility index (Phi) is 9.05. The first kappa shape index (κ1) is 29.4. The van der Waals surface area contributed by atoms with Crippen LogP contribution in [0.5, 0.6) is 11.5 Å². The van der Waals surface area contributed by atoms with Crippen LogP contribution in [0.2, 0.25) is 0 Å². The first-order valence-corrected chi connectivity index (χ1v) is 14.0. The second kappa shape index (κ2) is 12.3. The minimum absolute atomic E-state index is 0.291. The minimum Gasteiger partial charge on any atom is -0.490 e. The number of aromatic nitrogens is 2. The highest BCUT2D eigenvalue weighted by molar-refractivity contribution is 9.10. The predicted octanol–water partition coefficient (Wildman–Crippen LogP) is 6.66. The van der Waals surface area contributed by atoms with E-state index in [1.165, 1.54) is 28.9 Å². The summed E-state index contributed by atoms with van der Waals surface area (Å²) in [6, 6.07) is 14.2. The molecule has 4 aromatic rings. The number of benzene rings is 3. The summed E-state index contributed by atoms with van der Waals surface area (Å²) < 4.78 is 27.3. The molecule has 11 heteroatoms. The number of fused-ring (bicyclic) bond motifs is 1. The van der Waals surface area contributed by atoms with Crippen molar-refractivity contribution in [1.29, 1.82) is 0 Å². The zero-order valence-electron chi connectivity index (χ0n) is 22.3. The van der Waals surface area contributed by atoms with E-state index in [1.807, 2.05) is 33.8 Å². The number of anilines is 1. The van der Waals surface area contributed by atoms with Crippen molar-refractivity contribution in [1.82, 2.24) is 9.66 Å². The maximum absolute atomic E-state index is 13.5. The monoisotopic (exact) mass is 672 g/mol. The molecule has 0 radical (unpaired) electrons. The number of hydrogen-bond acceptors (Lipinski definition) is 6. The van der Waals surface area contributed by atoms with Gasteiger partial charge < -0.3 is 14.8 Å². The molecule has 1 heterocycles. The van der Waals surface area contributed by atoms with Crippen LogP contribution in [-0.2, 0) is 10.2 Å². The quantitative estimate of drug-likeness (QED) is 0.211. The molecule has 0 aliphatic carbocycles. The maximum Gasteiger partial charge on any atom is 0.282 e. The lowest BCUT2D eigenvalue weighted by Crippen LogP contribution is -2.29. The zero-order chi connectivity index (χ0) is 29.0. The van der Waals surface area contributed by atoms with Gasteiger partial charge in [0.05, 0.1) is 23.7 Å². The number of carbonyl (C=O) groups excluding carboxylic acids is 1. The zero-order valence-corrected chi connectivity index (χ0v) is 25.5. The molecule has 1 amide bonds. The summed E-state index contributed by atoms with van der Waals surface area (Å²) in [4.78, 5) is 30.6. The Hall–Kier alpha value is -3.57. The number of halogens is 3. The van der Waals surface area contributed by atoms with Crippen LogP contribution in [0.25, 0.3) is 10.9 Å². The van der Waals surface area contributed by atoms with Crippen LogP contribution < -0.4 is 20.3 Å². The number of nitrogens with one attached hydrogen (secondary N) is 1. The topological polar surface area (TPSA) is 94.8 Å². The van der Waals surface area contributed by atoms with Crippen molar-refractivity contribution in [2.75, 3.05) is 18.5 Å². The molecule has 0 unspecified atom stereocenters. The third-order valence-electron chi connectivity index (χ3n) is 5.64. The Labute approximate surface area is 247 Å². The first-order chi connectivity index (χ1) is 19.0. The van der Waals surface area contributed by atoms with Gasteiger partial charge in [-0.15, -0.1) is 0 Å². The molecule has 0 atom stereocenters. The Morgan fingerprint density at radius 3 is 2.45 bits per heavy atom. The standard InChI is InChI=1S/C29H27Br2FN4O4/c1-5-39-24-12-17(22(31)14-25(24)40-16-26(37)34-20-9-7-19(32)8-10-20)15-33-36-27(38)21-13-18(30)6-11-23(21)35-28(36)29(2,3)4/h6-15H,5,16H2,1-4H3,(H,34,37). The molecule has 1 N–H and O–H groups in total. The lowest BCUT2D eigenvalue weighted by atomic mass is 9.95. The molecule has 0 bridgehead atoms. The summed E-state index contributed by atoms with van der Waals surface area (Å²) in [5.74, 6) is 0.432. The van der Waals surface area contributed by atoms with Crippen molar-refractivity contribution >= 4 is 60.6 Å². The lowest BCUT2D eigenvalue weighted by Gasteiger charge is -2.21. The van der Waals surface area contributed by atoms with Crippen LogP contribution >= 0.6 is 31.9 Å². The van der Waals surface area contributed by atoms with E-state index >= 15 is 0 Å². The number of amides is 1. The van der Waals surface area contributed by atoms with Crippen molar-refractivity contribution < 1.29 is 18.7 Å². The SMILES string of the molecule is CCOc1cc(C=Nn2c(C(C)(C)C)nc3ccc(Br)cc3c2=O)c(Br)cc1OCC(=O)Nc1ccc(F)cc1. The summed E-state index contributed by atoms with van der Waals surface area (Å²) in [6.07, 6.45) is 1.54. The van der Waals surface area contributed by atoms with Gasteiger partial charge in [0.25, 0.3) is 11.5 Å². The van der Waals surface area contributed by atoms with E-state index in [9.17, 15) is 14.0 Å². The largest absolute Gasteiger partial charge is 0.490 e. The highest BCUT2D eigenvalue weighted by atomic mass is 79.9. The van der Waals surface area contributed by atoms with Gasteiger partial charge in [-0.3, -0.25) is 9.59 Å². The summed E-state index contributed by atoms with van der Waals surface area (Å²) in [6.45, 7) is 7.79. The second-order valence-corrected chi connectivity index (χ2v) is 11.6. The van der Waals surface area contributed by atoms with E-state index in [2.05, 4.69) is 42.3 Å². The molecule has 4 rings (SSSR count). The molecular weight excluding hydrogens is 647 g/mol. The van der Waals surface area contributed by atoms with Gasteiger partial charge in [-0.2, -0.15) is 9.78 Å². The van der Waals surface area contributed by atoms with E-state index in [0.717, 1.165) is 4.47 Å². The average molecular weight is 674 g/mol. The second-order valence-electron chi connectivity index (χ2n) is 9.81. The summed E-state index contributed by atoms with van der Waals surface area (Å²) in [5, 5.41) is 7.61. The van der Waals surface area contributed by atoms with Crippen molar-refractivity contribution in [2.24, 2.45) is 5.10 Å². The van der Waals surface area contributed by atoms with Gasteiger partial charge >= 0.3 is 0 Å². The van der Waals surface area contributed by atoms with Gasteiger partial charge in [-0.1, -0.05) is 36.7 Å². The molecule has 40 heavy (non-hydrogen) atoms. The first-order valence-electron chi connectivity index (χ1n) is 12.4. The van der Waals surface area contributed by atoms with Crippen molar-refractivity contribution in [3.05, 3.63) is 91.1 Å². The molecule has 8 nitrogen and oxygen atoms in total. The van der Waals surface area contributed by atoms with Crippen LogP contribution in [0, 0.1) is 5.82 Å². The Morgan fingerprint density at radius 1 is 1.07 bits per heavy atom. The minimum atomic E-state index is -0.461. The van der Waals surface area contributed by atoms with Gasteiger partial charge in [0.2, 0.25) is 0 Å². The van der Waals surface area contributed by atoms with E-state index in [4.69, 9.17) is 14.5 Å². The molecule has 3 aromatic carbocycles. The van der Waals surface area contributed by atoms with Crippen LogP contribution in [0.15, 0.2) is 73.4 Å². The smallest absolute Gasteiger partial charge is 0.282 e. The molecule has 0 aliphatic heterocycles. The molecular formula is C29H27Br2FN4O4. The lowest BCUT2D eigenvalue weighted by molar-refractivity contribution is -0.118. The predicted molar refractivity (Wildman–Crippen MR) is 161 cm³/mol. The fourth-order valence-electron chi connectivity index (χ4n) is 3.77. The highest BCUT2D eigenvalue weighted by Crippen LogP contribution is 2.33. The fourth-order valence-corrected chi connectivity index (χ4v) is 4.55.